The summed E-state index contributed by atoms with van der Waals surface area (Å²) in [7, 11) is 0. The predicted molar refractivity (Wildman–Crippen MR) is 126 cm³/mol. The van der Waals surface area contributed by atoms with E-state index in [1.807, 2.05) is 13.8 Å². The molecule has 3 rings (SSSR count). The number of guanidine groups is 1. The van der Waals surface area contributed by atoms with Crippen molar-refractivity contribution in [2.75, 3.05) is 26.2 Å². The standard InChI is InChI=1S/C25H35FN4O2/c1-3-27-25(28-16-19(2)32-24-6-4-5-22(26)15-24)29-17-20-7-9-21(10-8-20)18-30-13-11-23(31)12-14-30/h4-10,15,19,23,31H,3,11-14,16-18H2,1-2H3,(H2,27,28,29). The summed E-state index contributed by atoms with van der Waals surface area (Å²) in [5.41, 5.74) is 2.42. The molecule has 1 unspecified atom stereocenters. The maximum atomic E-state index is 13.3. The van der Waals surface area contributed by atoms with Crippen molar-refractivity contribution in [2.45, 2.75) is 52.0 Å². The number of nitrogens with zero attached hydrogens (tertiary/aromatic N) is 2. The molecular formula is C25H35FN4O2. The average molecular weight is 443 g/mol. The molecule has 1 aliphatic heterocycles. The minimum atomic E-state index is -0.307. The Kier molecular flexibility index (Phi) is 9.31. The largest absolute Gasteiger partial charge is 0.489 e. The van der Waals surface area contributed by atoms with Crippen molar-refractivity contribution in [3.05, 3.63) is 65.5 Å². The lowest BCUT2D eigenvalue weighted by atomic mass is 10.1. The Hall–Kier alpha value is -2.64. The fourth-order valence-electron chi connectivity index (χ4n) is 3.65. The van der Waals surface area contributed by atoms with E-state index >= 15 is 0 Å². The first-order valence-corrected chi connectivity index (χ1v) is 11.4. The van der Waals surface area contributed by atoms with Gasteiger partial charge in [0.1, 0.15) is 17.7 Å². The molecule has 1 fully saturated rings. The number of aliphatic hydroxyl groups is 1. The Labute approximate surface area is 190 Å². The SMILES string of the molecule is CCNC(=NCc1ccc(CN2CCC(O)CC2)cc1)NCC(C)Oc1cccc(F)c1. The lowest BCUT2D eigenvalue weighted by Crippen LogP contribution is -2.41. The van der Waals surface area contributed by atoms with Crippen LogP contribution in [0.3, 0.4) is 0 Å². The molecule has 0 spiro atoms. The lowest BCUT2D eigenvalue weighted by molar-refractivity contribution is 0.0792. The summed E-state index contributed by atoms with van der Waals surface area (Å²) < 4.78 is 19.1. The molecule has 1 saturated heterocycles. The zero-order valence-electron chi connectivity index (χ0n) is 19.1. The second-order valence-electron chi connectivity index (χ2n) is 8.29. The molecular weight excluding hydrogens is 407 g/mol. The van der Waals surface area contributed by atoms with Crippen LogP contribution in [0.15, 0.2) is 53.5 Å². The van der Waals surface area contributed by atoms with Gasteiger partial charge in [-0.25, -0.2) is 9.38 Å². The van der Waals surface area contributed by atoms with Crippen LogP contribution in [0.2, 0.25) is 0 Å². The normalized spacial score (nSPS) is 16.6. The molecule has 1 atom stereocenters. The summed E-state index contributed by atoms with van der Waals surface area (Å²) in [4.78, 5) is 7.06. The number of aliphatic hydroxyl groups excluding tert-OH is 1. The third kappa shape index (κ3) is 8.13. The minimum Gasteiger partial charge on any atom is -0.489 e. The van der Waals surface area contributed by atoms with Gasteiger partial charge in [0.05, 0.1) is 19.2 Å². The van der Waals surface area contributed by atoms with Crippen LogP contribution < -0.4 is 15.4 Å². The van der Waals surface area contributed by atoms with Crippen LogP contribution in [0.5, 0.6) is 5.75 Å². The van der Waals surface area contributed by atoms with Gasteiger partial charge in [-0.15, -0.1) is 0 Å². The maximum Gasteiger partial charge on any atom is 0.191 e. The summed E-state index contributed by atoms with van der Waals surface area (Å²) in [5.74, 6) is 0.929. The second-order valence-corrected chi connectivity index (χ2v) is 8.29. The van der Waals surface area contributed by atoms with Crippen molar-refractivity contribution in [1.29, 1.82) is 0 Å². The van der Waals surface area contributed by atoms with Crippen molar-refractivity contribution < 1.29 is 14.2 Å². The van der Waals surface area contributed by atoms with Crippen LogP contribution in [0.4, 0.5) is 4.39 Å². The van der Waals surface area contributed by atoms with Crippen molar-refractivity contribution in [2.24, 2.45) is 4.99 Å². The van der Waals surface area contributed by atoms with Gasteiger partial charge in [0.25, 0.3) is 0 Å². The van der Waals surface area contributed by atoms with Gasteiger partial charge < -0.3 is 20.5 Å². The van der Waals surface area contributed by atoms with E-state index in [-0.39, 0.29) is 18.0 Å². The van der Waals surface area contributed by atoms with Crippen LogP contribution in [0.25, 0.3) is 0 Å². The molecule has 32 heavy (non-hydrogen) atoms. The van der Waals surface area contributed by atoms with Gasteiger partial charge in [-0.3, -0.25) is 4.90 Å². The molecule has 3 N–H and O–H groups in total. The van der Waals surface area contributed by atoms with Crippen molar-refractivity contribution >= 4 is 5.96 Å². The second kappa shape index (κ2) is 12.4. The Morgan fingerprint density at radius 3 is 2.56 bits per heavy atom. The highest BCUT2D eigenvalue weighted by Gasteiger charge is 2.16. The number of hydrogen-bond donors (Lipinski definition) is 3. The number of rotatable bonds is 9. The van der Waals surface area contributed by atoms with Crippen molar-refractivity contribution in [3.63, 3.8) is 0 Å². The van der Waals surface area contributed by atoms with Gasteiger partial charge in [0.2, 0.25) is 0 Å². The van der Waals surface area contributed by atoms with Crippen LogP contribution in [-0.2, 0) is 13.1 Å². The van der Waals surface area contributed by atoms with Crippen LogP contribution in [0.1, 0.15) is 37.8 Å². The molecule has 6 nitrogen and oxygen atoms in total. The fraction of sp³-hybridized carbons (Fsp3) is 0.480. The highest BCUT2D eigenvalue weighted by Crippen LogP contribution is 2.15. The molecule has 0 amide bonds. The van der Waals surface area contributed by atoms with Gasteiger partial charge in [-0.05, 0) is 49.9 Å². The summed E-state index contributed by atoms with van der Waals surface area (Å²) in [5, 5.41) is 16.2. The summed E-state index contributed by atoms with van der Waals surface area (Å²) in [6.07, 6.45) is 1.44. The van der Waals surface area contributed by atoms with Gasteiger partial charge >= 0.3 is 0 Å². The molecule has 1 heterocycles. The topological polar surface area (TPSA) is 69.1 Å². The zero-order valence-corrected chi connectivity index (χ0v) is 19.1. The first-order chi connectivity index (χ1) is 15.5. The van der Waals surface area contributed by atoms with Crippen molar-refractivity contribution in [3.8, 4) is 5.75 Å². The minimum absolute atomic E-state index is 0.137. The molecule has 0 radical (unpaired) electrons. The number of ether oxygens (including phenoxy) is 1. The van der Waals surface area contributed by atoms with E-state index in [1.54, 1.807) is 12.1 Å². The highest BCUT2D eigenvalue weighted by molar-refractivity contribution is 5.79. The lowest BCUT2D eigenvalue weighted by Gasteiger charge is -2.29. The van der Waals surface area contributed by atoms with Crippen LogP contribution in [0, 0.1) is 5.82 Å². The van der Waals surface area contributed by atoms with Gasteiger partial charge in [-0.2, -0.15) is 0 Å². The first kappa shape index (κ1) is 24.0. The third-order valence-corrected chi connectivity index (χ3v) is 5.44. The molecule has 2 aromatic rings. The number of halogens is 1. The molecule has 7 heteroatoms. The summed E-state index contributed by atoms with van der Waals surface area (Å²) >= 11 is 0. The number of piperidine rings is 1. The molecule has 1 aliphatic rings. The van der Waals surface area contributed by atoms with E-state index in [2.05, 4.69) is 44.8 Å². The van der Waals surface area contributed by atoms with E-state index in [0.717, 1.165) is 50.5 Å². The molecule has 2 aromatic carbocycles. The Morgan fingerprint density at radius 2 is 1.88 bits per heavy atom. The van der Waals surface area contributed by atoms with E-state index in [9.17, 15) is 9.50 Å². The third-order valence-electron chi connectivity index (χ3n) is 5.44. The number of benzene rings is 2. The number of aliphatic imine (C=N–C) groups is 1. The molecule has 174 valence electrons. The first-order valence-electron chi connectivity index (χ1n) is 11.4. The number of nitrogens with one attached hydrogen (secondary N) is 2. The Bertz CT molecular complexity index is 851. The molecule has 0 bridgehead atoms. The summed E-state index contributed by atoms with van der Waals surface area (Å²) in [6, 6.07) is 14.7. The van der Waals surface area contributed by atoms with E-state index < -0.39 is 0 Å². The van der Waals surface area contributed by atoms with Crippen LogP contribution >= 0.6 is 0 Å². The zero-order chi connectivity index (χ0) is 22.8. The molecule has 0 aliphatic carbocycles. The van der Waals surface area contributed by atoms with E-state index in [1.165, 1.54) is 17.7 Å². The van der Waals surface area contributed by atoms with Crippen molar-refractivity contribution in [1.82, 2.24) is 15.5 Å². The Balaban J connectivity index is 1.47. The van der Waals surface area contributed by atoms with E-state index in [0.29, 0.717) is 18.8 Å². The van der Waals surface area contributed by atoms with Crippen LogP contribution in [-0.4, -0.2) is 54.4 Å². The quantitative estimate of drug-likeness (QED) is 0.411. The maximum absolute atomic E-state index is 13.3. The smallest absolute Gasteiger partial charge is 0.191 e. The fourth-order valence-corrected chi connectivity index (χ4v) is 3.65. The number of hydrogen-bond acceptors (Lipinski definition) is 4. The predicted octanol–water partition coefficient (Wildman–Crippen LogP) is 3.31. The number of likely N-dealkylation sites (tertiary alicyclic amines) is 1. The summed E-state index contributed by atoms with van der Waals surface area (Å²) in [6.45, 7) is 8.66. The molecule has 0 saturated carbocycles. The monoisotopic (exact) mass is 442 g/mol. The van der Waals surface area contributed by atoms with Gasteiger partial charge in [-0.1, -0.05) is 30.3 Å². The Morgan fingerprint density at radius 1 is 1.16 bits per heavy atom. The average Bonchev–Trinajstić information content (AvgIpc) is 2.78. The van der Waals surface area contributed by atoms with Gasteiger partial charge in [0, 0.05) is 32.2 Å². The van der Waals surface area contributed by atoms with Gasteiger partial charge in [0.15, 0.2) is 5.96 Å². The highest BCUT2D eigenvalue weighted by atomic mass is 19.1. The molecule has 0 aromatic heterocycles. The van der Waals surface area contributed by atoms with E-state index in [4.69, 9.17) is 4.74 Å².